The zero-order valence-corrected chi connectivity index (χ0v) is 17.2. The minimum Gasteiger partial charge on any atom is -0.352 e. The Morgan fingerprint density at radius 3 is 2.48 bits per heavy atom. The van der Waals surface area contributed by atoms with Crippen molar-refractivity contribution >= 4 is 5.91 Å². The third-order valence-electron chi connectivity index (χ3n) is 6.36. The van der Waals surface area contributed by atoms with Gasteiger partial charge < -0.3 is 5.32 Å². The molecule has 1 atom stereocenters. The van der Waals surface area contributed by atoms with Gasteiger partial charge in [0.1, 0.15) is 0 Å². The first-order valence-corrected chi connectivity index (χ1v) is 10.9. The molecule has 1 N–H and O–H groups in total. The van der Waals surface area contributed by atoms with Crippen molar-refractivity contribution < 1.29 is 4.79 Å². The molecule has 0 radical (unpaired) electrons. The number of nitrogens with one attached hydrogen (secondary N) is 1. The number of likely N-dealkylation sites (tertiary alicyclic amines) is 2. The van der Waals surface area contributed by atoms with E-state index in [4.69, 9.17) is 0 Å². The highest BCUT2D eigenvalue weighted by atomic mass is 16.1. The average molecular weight is 393 g/mol. The monoisotopic (exact) mass is 392 g/mol. The van der Waals surface area contributed by atoms with E-state index in [1.165, 1.54) is 18.4 Å². The molecule has 154 valence electrons. The van der Waals surface area contributed by atoms with Crippen LogP contribution in [-0.2, 0) is 17.9 Å². The summed E-state index contributed by atoms with van der Waals surface area (Å²) < 4.78 is 0. The number of rotatable bonds is 6. The standard InChI is InChI=1S/C24H32N4O/c29-24(26-17-20-8-12-25-13-9-20)22-7-4-14-28(19-22)23-10-15-27(16-11-23)18-21-5-2-1-3-6-21/h1-3,5-6,8-9,12-13,22-23H,4,7,10-11,14-19H2,(H,26,29)/t22-/m1/s1. The molecule has 3 heterocycles. The van der Waals surface area contributed by atoms with Crippen molar-refractivity contribution in [2.75, 3.05) is 26.2 Å². The van der Waals surface area contributed by atoms with Gasteiger partial charge in [0.15, 0.2) is 0 Å². The van der Waals surface area contributed by atoms with Gasteiger partial charge in [-0.3, -0.25) is 19.6 Å². The highest BCUT2D eigenvalue weighted by Crippen LogP contribution is 2.24. The third-order valence-corrected chi connectivity index (χ3v) is 6.36. The minimum atomic E-state index is 0.118. The molecule has 0 aliphatic carbocycles. The summed E-state index contributed by atoms with van der Waals surface area (Å²) in [5.74, 6) is 0.320. The van der Waals surface area contributed by atoms with Gasteiger partial charge in [0.25, 0.3) is 0 Å². The van der Waals surface area contributed by atoms with Crippen molar-refractivity contribution in [2.45, 2.75) is 44.8 Å². The van der Waals surface area contributed by atoms with E-state index in [-0.39, 0.29) is 11.8 Å². The van der Waals surface area contributed by atoms with Crippen LogP contribution in [0.2, 0.25) is 0 Å². The van der Waals surface area contributed by atoms with Gasteiger partial charge in [-0.1, -0.05) is 30.3 Å². The molecular weight excluding hydrogens is 360 g/mol. The molecule has 1 aromatic heterocycles. The normalized spacial score (nSPS) is 21.7. The Hall–Kier alpha value is -2.24. The number of pyridine rings is 1. The lowest BCUT2D eigenvalue weighted by atomic mass is 9.93. The molecule has 0 unspecified atom stereocenters. The number of nitrogens with zero attached hydrogens (tertiary/aromatic N) is 3. The summed E-state index contributed by atoms with van der Waals surface area (Å²) in [6.45, 7) is 5.98. The molecular formula is C24H32N4O. The summed E-state index contributed by atoms with van der Waals surface area (Å²) in [5, 5.41) is 3.12. The maximum Gasteiger partial charge on any atom is 0.224 e. The molecule has 4 rings (SSSR count). The summed E-state index contributed by atoms with van der Waals surface area (Å²) in [6, 6.07) is 15.3. The first kappa shape index (κ1) is 20.0. The molecule has 5 heteroatoms. The summed E-state index contributed by atoms with van der Waals surface area (Å²) in [5.41, 5.74) is 2.50. The van der Waals surface area contributed by atoms with Gasteiger partial charge >= 0.3 is 0 Å². The lowest BCUT2D eigenvalue weighted by molar-refractivity contribution is -0.127. The van der Waals surface area contributed by atoms with Crippen LogP contribution in [0.4, 0.5) is 0 Å². The predicted octanol–water partition coefficient (Wildman–Crippen LogP) is 3.07. The number of benzene rings is 1. The van der Waals surface area contributed by atoms with Gasteiger partial charge in [0.05, 0.1) is 5.92 Å². The maximum absolute atomic E-state index is 12.7. The minimum absolute atomic E-state index is 0.118. The molecule has 2 aromatic rings. The first-order chi connectivity index (χ1) is 14.3. The Kier molecular flexibility index (Phi) is 6.91. The molecule has 0 saturated carbocycles. The van der Waals surface area contributed by atoms with Crippen LogP contribution in [0.3, 0.4) is 0 Å². The lowest BCUT2D eigenvalue weighted by Gasteiger charge is -2.42. The highest BCUT2D eigenvalue weighted by molar-refractivity contribution is 5.78. The van der Waals surface area contributed by atoms with Crippen molar-refractivity contribution in [3.8, 4) is 0 Å². The maximum atomic E-state index is 12.7. The molecule has 0 bridgehead atoms. The van der Waals surface area contributed by atoms with Crippen LogP contribution in [0.15, 0.2) is 54.9 Å². The Bertz CT molecular complexity index is 759. The largest absolute Gasteiger partial charge is 0.352 e. The summed E-state index contributed by atoms with van der Waals surface area (Å²) in [4.78, 5) is 21.9. The van der Waals surface area contributed by atoms with E-state index in [9.17, 15) is 4.79 Å². The fraction of sp³-hybridized carbons (Fsp3) is 0.500. The number of amides is 1. The second-order valence-electron chi connectivity index (χ2n) is 8.40. The molecule has 0 spiro atoms. The summed E-state index contributed by atoms with van der Waals surface area (Å²) in [7, 11) is 0. The Labute approximate surface area is 174 Å². The number of hydrogen-bond donors (Lipinski definition) is 1. The van der Waals surface area contributed by atoms with Crippen LogP contribution in [0, 0.1) is 5.92 Å². The van der Waals surface area contributed by atoms with E-state index in [0.29, 0.717) is 12.6 Å². The molecule has 2 saturated heterocycles. The number of hydrogen-bond acceptors (Lipinski definition) is 4. The average Bonchev–Trinajstić information content (AvgIpc) is 2.79. The number of aromatic nitrogens is 1. The zero-order chi connectivity index (χ0) is 19.9. The molecule has 2 aliphatic heterocycles. The van der Waals surface area contributed by atoms with Crippen molar-refractivity contribution in [1.29, 1.82) is 0 Å². The topological polar surface area (TPSA) is 48.5 Å². The van der Waals surface area contributed by atoms with Crippen molar-refractivity contribution in [2.24, 2.45) is 5.92 Å². The predicted molar refractivity (Wildman–Crippen MR) is 115 cm³/mol. The van der Waals surface area contributed by atoms with Gasteiger partial charge in [-0.05, 0) is 68.6 Å². The molecule has 2 fully saturated rings. The van der Waals surface area contributed by atoms with E-state index in [2.05, 4.69) is 50.4 Å². The molecule has 1 aromatic carbocycles. The van der Waals surface area contributed by atoms with E-state index in [1.807, 2.05) is 12.1 Å². The van der Waals surface area contributed by atoms with E-state index in [1.54, 1.807) is 12.4 Å². The highest BCUT2D eigenvalue weighted by Gasteiger charge is 2.31. The second kappa shape index (κ2) is 9.99. The van der Waals surface area contributed by atoms with E-state index < -0.39 is 0 Å². The van der Waals surface area contributed by atoms with Crippen molar-refractivity contribution in [3.05, 3.63) is 66.0 Å². The van der Waals surface area contributed by atoms with Crippen LogP contribution in [-0.4, -0.2) is 52.9 Å². The Morgan fingerprint density at radius 2 is 1.72 bits per heavy atom. The number of piperidine rings is 2. The van der Waals surface area contributed by atoms with Gasteiger partial charge in [-0.2, -0.15) is 0 Å². The van der Waals surface area contributed by atoms with Crippen LogP contribution in [0.5, 0.6) is 0 Å². The SMILES string of the molecule is O=C(NCc1ccncc1)[C@@H]1CCCN(C2CCN(Cc3ccccc3)CC2)C1. The van der Waals surface area contributed by atoms with E-state index in [0.717, 1.165) is 51.1 Å². The van der Waals surface area contributed by atoms with Crippen LogP contribution >= 0.6 is 0 Å². The molecule has 2 aliphatic rings. The zero-order valence-electron chi connectivity index (χ0n) is 17.2. The molecule has 1 amide bonds. The number of carbonyl (C=O) groups excluding carboxylic acids is 1. The fourth-order valence-electron chi connectivity index (χ4n) is 4.67. The smallest absolute Gasteiger partial charge is 0.224 e. The summed E-state index contributed by atoms with van der Waals surface area (Å²) in [6.07, 6.45) is 8.08. The van der Waals surface area contributed by atoms with Gasteiger partial charge in [-0.15, -0.1) is 0 Å². The van der Waals surface area contributed by atoms with Crippen LogP contribution < -0.4 is 5.32 Å². The Balaban J connectivity index is 1.23. The Morgan fingerprint density at radius 1 is 0.966 bits per heavy atom. The van der Waals surface area contributed by atoms with Crippen molar-refractivity contribution in [1.82, 2.24) is 20.1 Å². The van der Waals surface area contributed by atoms with Crippen molar-refractivity contribution in [3.63, 3.8) is 0 Å². The number of carbonyl (C=O) groups is 1. The second-order valence-corrected chi connectivity index (χ2v) is 8.40. The first-order valence-electron chi connectivity index (χ1n) is 10.9. The fourth-order valence-corrected chi connectivity index (χ4v) is 4.67. The summed E-state index contributed by atoms with van der Waals surface area (Å²) >= 11 is 0. The van der Waals surface area contributed by atoms with Gasteiger partial charge in [0.2, 0.25) is 5.91 Å². The van der Waals surface area contributed by atoms with Crippen LogP contribution in [0.25, 0.3) is 0 Å². The quantitative estimate of drug-likeness (QED) is 0.821. The molecule has 29 heavy (non-hydrogen) atoms. The third kappa shape index (κ3) is 5.64. The molecule has 5 nitrogen and oxygen atoms in total. The van der Waals surface area contributed by atoms with Gasteiger partial charge in [0, 0.05) is 38.1 Å². The van der Waals surface area contributed by atoms with Gasteiger partial charge in [-0.25, -0.2) is 0 Å². The van der Waals surface area contributed by atoms with Crippen LogP contribution in [0.1, 0.15) is 36.8 Å². The lowest BCUT2D eigenvalue weighted by Crippen LogP contribution is -2.50. The van der Waals surface area contributed by atoms with E-state index >= 15 is 0 Å².